The first-order valence-electron chi connectivity index (χ1n) is 14.6. The number of aliphatic hydroxyl groups is 1. The summed E-state index contributed by atoms with van der Waals surface area (Å²) < 4.78 is 18.8. The summed E-state index contributed by atoms with van der Waals surface area (Å²) >= 11 is 0. The third kappa shape index (κ3) is 7.52. The molecule has 3 aromatic carbocycles. The number of aliphatic hydroxyl groups excluding tert-OH is 1. The van der Waals surface area contributed by atoms with E-state index in [2.05, 4.69) is 71.0 Å². The molecule has 0 radical (unpaired) electrons. The van der Waals surface area contributed by atoms with Gasteiger partial charge in [0.25, 0.3) is 0 Å². The molecular formula is C33H41N3O5. The molecule has 8 heteroatoms. The fourth-order valence-electron chi connectivity index (χ4n) is 5.47. The van der Waals surface area contributed by atoms with Gasteiger partial charge in [-0.1, -0.05) is 73.7 Å². The average molecular weight is 560 g/mol. The number of ether oxygens (including phenoxy) is 3. The molecule has 0 spiro atoms. The molecular weight excluding hydrogens is 518 g/mol. The van der Waals surface area contributed by atoms with Gasteiger partial charge in [-0.15, -0.1) is 0 Å². The molecule has 2 amide bonds. The second kappa shape index (κ2) is 14.1. The van der Waals surface area contributed by atoms with Crippen molar-refractivity contribution in [2.75, 3.05) is 39.4 Å². The van der Waals surface area contributed by atoms with Crippen molar-refractivity contribution < 1.29 is 24.1 Å². The van der Waals surface area contributed by atoms with Crippen LogP contribution in [0, 0.1) is 5.92 Å². The first-order chi connectivity index (χ1) is 20.0. The zero-order chi connectivity index (χ0) is 28.6. The fourth-order valence-corrected chi connectivity index (χ4v) is 5.47. The van der Waals surface area contributed by atoms with E-state index in [0.29, 0.717) is 13.1 Å². The van der Waals surface area contributed by atoms with Crippen LogP contribution in [0.3, 0.4) is 0 Å². The van der Waals surface area contributed by atoms with Gasteiger partial charge >= 0.3 is 6.03 Å². The lowest BCUT2D eigenvalue weighted by atomic mass is 9.90. The summed E-state index contributed by atoms with van der Waals surface area (Å²) in [7, 11) is 0. The summed E-state index contributed by atoms with van der Waals surface area (Å²) in [6, 6.07) is 24.4. The van der Waals surface area contributed by atoms with Crippen LogP contribution in [0.1, 0.15) is 48.5 Å². The van der Waals surface area contributed by atoms with Crippen LogP contribution < -0.4 is 10.6 Å². The number of carbonyl (C=O) groups excluding carboxylic acids is 1. The Bertz CT molecular complexity index is 1260. The highest BCUT2D eigenvalue weighted by molar-refractivity contribution is 5.73. The molecule has 2 aliphatic heterocycles. The Morgan fingerprint density at radius 3 is 2.34 bits per heavy atom. The first-order valence-corrected chi connectivity index (χ1v) is 14.6. The van der Waals surface area contributed by atoms with Crippen molar-refractivity contribution in [3.63, 3.8) is 0 Å². The Morgan fingerprint density at radius 2 is 1.63 bits per heavy atom. The molecule has 3 aromatic rings. The number of rotatable bonds is 9. The fraction of sp³-hybridized carbons (Fsp3) is 0.424. The Kier molecular flexibility index (Phi) is 10.0. The topological polar surface area (TPSA) is 92.3 Å². The molecule has 0 saturated carbocycles. The molecule has 218 valence electrons. The SMILES string of the molecule is CCNC(=O)NCc1cccc(-c2ccc(C3OC(CN4CCOCC4)C(C)C(c4ccc(CO)cc4)O3)cc2)c1. The van der Waals surface area contributed by atoms with E-state index < -0.39 is 6.29 Å². The lowest BCUT2D eigenvalue weighted by Gasteiger charge is -2.43. The largest absolute Gasteiger partial charge is 0.392 e. The van der Waals surface area contributed by atoms with Crippen molar-refractivity contribution in [1.82, 2.24) is 15.5 Å². The van der Waals surface area contributed by atoms with Crippen LogP contribution in [0.2, 0.25) is 0 Å². The van der Waals surface area contributed by atoms with Gasteiger partial charge in [0.1, 0.15) is 0 Å². The van der Waals surface area contributed by atoms with Gasteiger partial charge < -0.3 is 30.0 Å². The minimum absolute atomic E-state index is 0.0110. The number of amides is 2. The lowest BCUT2D eigenvalue weighted by molar-refractivity contribution is -0.277. The summed E-state index contributed by atoms with van der Waals surface area (Å²) in [6.07, 6.45) is -0.647. The molecule has 0 aromatic heterocycles. The zero-order valence-corrected chi connectivity index (χ0v) is 23.9. The average Bonchev–Trinajstić information content (AvgIpc) is 3.02. The van der Waals surface area contributed by atoms with E-state index in [1.807, 2.05) is 31.2 Å². The molecule has 0 bridgehead atoms. The lowest BCUT2D eigenvalue weighted by Crippen LogP contribution is -2.47. The van der Waals surface area contributed by atoms with Crippen molar-refractivity contribution in [1.29, 1.82) is 0 Å². The van der Waals surface area contributed by atoms with Crippen LogP contribution >= 0.6 is 0 Å². The number of carbonyl (C=O) groups is 1. The molecule has 2 aliphatic rings. The third-order valence-electron chi connectivity index (χ3n) is 7.90. The van der Waals surface area contributed by atoms with E-state index >= 15 is 0 Å². The second-order valence-electron chi connectivity index (χ2n) is 10.8. The van der Waals surface area contributed by atoms with Crippen LogP contribution in [0.25, 0.3) is 11.1 Å². The van der Waals surface area contributed by atoms with E-state index in [1.54, 1.807) is 0 Å². The summed E-state index contributed by atoms with van der Waals surface area (Å²) in [5.41, 5.74) is 6.14. The summed E-state index contributed by atoms with van der Waals surface area (Å²) in [5.74, 6) is 0.143. The molecule has 0 aliphatic carbocycles. The quantitative estimate of drug-likeness (QED) is 0.349. The third-order valence-corrected chi connectivity index (χ3v) is 7.90. The summed E-state index contributed by atoms with van der Waals surface area (Å²) in [6.45, 7) is 9.30. The molecule has 5 rings (SSSR count). The van der Waals surface area contributed by atoms with E-state index in [1.165, 1.54) is 0 Å². The van der Waals surface area contributed by atoms with Gasteiger partial charge in [0.05, 0.1) is 32.0 Å². The normalized spacial score (nSPS) is 23.2. The van der Waals surface area contributed by atoms with Crippen molar-refractivity contribution in [2.45, 2.75) is 45.5 Å². The number of hydrogen-bond acceptors (Lipinski definition) is 6. The van der Waals surface area contributed by atoms with Crippen LogP contribution in [0.4, 0.5) is 4.79 Å². The number of morpholine rings is 1. The maximum absolute atomic E-state index is 11.8. The summed E-state index contributed by atoms with van der Waals surface area (Å²) in [5, 5.41) is 15.1. The Balaban J connectivity index is 1.33. The highest BCUT2D eigenvalue weighted by atomic mass is 16.7. The van der Waals surface area contributed by atoms with Crippen molar-refractivity contribution in [2.24, 2.45) is 5.92 Å². The van der Waals surface area contributed by atoms with Crippen molar-refractivity contribution in [3.8, 4) is 11.1 Å². The van der Waals surface area contributed by atoms with Crippen molar-refractivity contribution >= 4 is 6.03 Å². The van der Waals surface area contributed by atoms with E-state index in [-0.39, 0.29) is 30.8 Å². The van der Waals surface area contributed by atoms with Crippen molar-refractivity contribution in [3.05, 3.63) is 95.1 Å². The van der Waals surface area contributed by atoms with Gasteiger partial charge in [-0.05, 0) is 40.8 Å². The zero-order valence-electron chi connectivity index (χ0n) is 23.9. The molecule has 2 heterocycles. The Hall–Kier alpha value is -3.27. The molecule has 8 nitrogen and oxygen atoms in total. The predicted molar refractivity (Wildman–Crippen MR) is 158 cm³/mol. The first kappa shape index (κ1) is 29.2. The number of nitrogens with one attached hydrogen (secondary N) is 2. The second-order valence-corrected chi connectivity index (χ2v) is 10.8. The minimum atomic E-state index is -0.499. The van der Waals surface area contributed by atoms with Crippen LogP contribution in [-0.4, -0.2) is 61.5 Å². The monoisotopic (exact) mass is 559 g/mol. The van der Waals surface area contributed by atoms with Gasteiger partial charge in [-0.25, -0.2) is 4.79 Å². The minimum Gasteiger partial charge on any atom is -0.392 e. The maximum atomic E-state index is 11.8. The van der Waals surface area contributed by atoms with Gasteiger partial charge in [-0.3, -0.25) is 4.90 Å². The maximum Gasteiger partial charge on any atom is 0.315 e. The van der Waals surface area contributed by atoms with E-state index in [4.69, 9.17) is 14.2 Å². The molecule has 4 unspecified atom stereocenters. The van der Waals surface area contributed by atoms with Crippen LogP contribution in [-0.2, 0) is 27.4 Å². The van der Waals surface area contributed by atoms with Gasteiger partial charge in [0, 0.05) is 44.2 Å². The summed E-state index contributed by atoms with van der Waals surface area (Å²) in [4.78, 5) is 14.2. The molecule has 2 saturated heterocycles. The Labute approximate surface area is 242 Å². The highest BCUT2D eigenvalue weighted by Gasteiger charge is 2.39. The van der Waals surface area contributed by atoms with E-state index in [0.717, 1.165) is 66.2 Å². The predicted octanol–water partition coefficient (Wildman–Crippen LogP) is 4.79. The smallest absolute Gasteiger partial charge is 0.315 e. The highest BCUT2D eigenvalue weighted by Crippen LogP contribution is 2.42. The number of urea groups is 1. The van der Waals surface area contributed by atoms with Crippen LogP contribution in [0.15, 0.2) is 72.8 Å². The van der Waals surface area contributed by atoms with Gasteiger partial charge in [-0.2, -0.15) is 0 Å². The Morgan fingerprint density at radius 1 is 0.902 bits per heavy atom. The van der Waals surface area contributed by atoms with Gasteiger partial charge in [0.2, 0.25) is 0 Å². The molecule has 4 atom stereocenters. The standard InChI is InChI=1S/C33H41N3O5/c1-3-34-33(38)35-20-25-5-4-6-29(19-25)26-11-13-28(14-12-26)32-40-30(21-36-15-17-39-18-16-36)23(2)31(41-32)27-9-7-24(22-37)8-10-27/h4-14,19,23,30-32,37H,3,15-18,20-22H2,1-2H3,(H2,34,35,38). The van der Waals surface area contributed by atoms with Crippen LogP contribution in [0.5, 0.6) is 0 Å². The number of nitrogens with zero attached hydrogens (tertiary/aromatic N) is 1. The van der Waals surface area contributed by atoms with E-state index in [9.17, 15) is 9.90 Å². The molecule has 41 heavy (non-hydrogen) atoms. The molecule has 2 fully saturated rings. The molecule has 3 N–H and O–H groups in total. The number of benzene rings is 3. The number of hydrogen-bond donors (Lipinski definition) is 3. The van der Waals surface area contributed by atoms with Gasteiger partial charge in [0.15, 0.2) is 6.29 Å².